The topological polar surface area (TPSA) is 49.4 Å². The van der Waals surface area contributed by atoms with Crippen molar-refractivity contribution in [2.24, 2.45) is 5.92 Å². The largest absolute Gasteiger partial charge is 0.338 e. The SMILES string of the molecule is CC1CCCN(C(=O)c2ccc(C(=O)Nc3ccc(C(C)C)cc3)cc2)C1. The van der Waals surface area contributed by atoms with Gasteiger partial charge in [-0.05, 0) is 66.6 Å². The maximum atomic E-state index is 12.6. The quantitative estimate of drug-likeness (QED) is 0.836. The van der Waals surface area contributed by atoms with Gasteiger partial charge < -0.3 is 10.2 Å². The van der Waals surface area contributed by atoms with Gasteiger partial charge in [0.25, 0.3) is 11.8 Å². The van der Waals surface area contributed by atoms with Crippen LogP contribution in [-0.4, -0.2) is 29.8 Å². The van der Waals surface area contributed by atoms with Crippen LogP contribution in [0.25, 0.3) is 0 Å². The fourth-order valence-corrected chi connectivity index (χ4v) is 3.48. The molecule has 142 valence electrons. The third-order valence-electron chi connectivity index (χ3n) is 5.17. The maximum Gasteiger partial charge on any atom is 0.255 e. The van der Waals surface area contributed by atoms with E-state index < -0.39 is 0 Å². The molecule has 0 saturated carbocycles. The Bertz CT molecular complexity index is 794. The lowest BCUT2D eigenvalue weighted by Gasteiger charge is -2.31. The van der Waals surface area contributed by atoms with Crippen LogP contribution in [-0.2, 0) is 0 Å². The number of likely N-dealkylation sites (tertiary alicyclic amines) is 1. The summed E-state index contributed by atoms with van der Waals surface area (Å²) in [6.07, 6.45) is 2.24. The summed E-state index contributed by atoms with van der Waals surface area (Å²) in [5.74, 6) is 0.897. The van der Waals surface area contributed by atoms with Gasteiger partial charge in [0, 0.05) is 29.9 Å². The molecule has 3 rings (SSSR count). The Morgan fingerprint density at radius 1 is 1.00 bits per heavy atom. The van der Waals surface area contributed by atoms with E-state index in [0.717, 1.165) is 25.2 Å². The zero-order chi connectivity index (χ0) is 19.4. The summed E-state index contributed by atoms with van der Waals surface area (Å²) in [4.78, 5) is 27.0. The molecule has 1 N–H and O–H groups in total. The number of hydrogen-bond donors (Lipinski definition) is 1. The van der Waals surface area contributed by atoms with E-state index in [1.807, 2.05) is 29.2 Å². The summed E-state index contributed by atoms with van der Waals surface area (Å²) in [7, 11) is 0. The van der Waals surface area contributed by atoms with E-state index in [0.29, 0.717) is 23.0 Å². The molecule has 1 heterocycles. The molecule has 2 aromatic rings. The first-order valence-corrected chi connectivity index (χ1v) is 9.74. The van der Waals surface area contributed by atoms with Crippen molar-refractivity contribution < 1.29 is 9.59 Å². The van der Waals surface area contributed by atoms with Gasteiger partial charge in [0.15, 0.2) is 0 Å². The van der Waals surface area contributed by atoms with Crippen LogP contribution in [0.15, 0.2) is 48.5 Å². The number of hydrogen-bond acceptors (Lipinski definition) is 2. The first-order chi connectivity index (χ1) is 12.9. The van der Waals surface area contributed by atoms with E-state index in [9.17, 15) is 9.59 Å². The molecule has 1 aliphatic heterocycles. The van der Waals surface area contributed by atoms with Crippen molar-refractivity contribution in [1.29, 1.82) is 0 Å². The predicted octanol–water partition coefficient (Wildman–Crippen LogP) is 4.93. The summed E-state index contributed by atoms with van der Waals surface area (Å²) in [6.45, 7) is 8.09. The second-order valence-corrected chi connectivity index (χ2v) is 7.81. The van der Waals surface area contributed by atoms with E-state index in [-0.39, 0.29) is 11.8 Å². The Morgan fingerprint density at radius 3 is 2.22 bits per heavy atom. The van der Waals surface area contributed by atoms with Crippen LogP contribution in [0, 0.1) is 5.92 Å². The van der Waals surface area contributed by atoms with Crippen LogP contribution in [0.1, 0.15) is 65.8 Å². The summed E-state index contributed by atoms with van der Waals surface area (Å²) >= 11 is 0. The molecule has 0 aliphatic carbocycles. The van der Waals surface area contributed by atoms with E-state index >= 15 is 0 Å². The lowest BCUT2D eigenvalue weighted by molar-refractivity contribution is 0.0682. The molecule has 1 unspecified atom stereocenters. The van der Waals surface area contributed by atoms with Crippen molar-refractivity contribution in [3.63, 3.8) is 0 Å². The number of rotatable bonds is 4. The highest BCUT2D eigenvalue weighted by molar-refractivity contribution is 6.05. The number of piperidine rings is 1. The number of carbonyl (C=O) groups is 2. The standard InChI is InChI=1S/C23H28N2O2/c1-16(2)18-10-12-21(13-11-18)24-22(26)19-6-8-20(9-7-19)23(27)25-14-4-5-17(3)15-25/h6-13,16-17H,4-5,14-15H2,1-3H3,(H,24,26). The van der Waals surface area contributed by atoms with Gasteiger partial charge in [-0.1, -0.05) is 32.9 Å². The number of carbonyl (C=O) groups excluding carboxylic acids is 2. The van der Waals surface area contributed by atoms with Crippen molar-refractivity contribution in [1.82, 2.24) is 4.90 Å². The Hall–Kier alpha value is -2.62. The van der Waals surface area contributed by atoms with Crippen molar-refractivity contribution in [2.75, 3.05) is 18.4 Å². The lowest BCUT2D eigenvalue weighted by Crippen LogP contribution is -2.39. The number of nitrogens with zero attached hydrogens (tertiary/aromatic N) is 1. The van der Waals surface area contributed by atoms with E-state index in [1.54, 1.807) is 24.3 Å². The molecule has 0 aromatic heterocycles. The monoisotopic (exact) mass is 364 g/mol. The molecule has 1 saturated heterocycles. The highest BCUT2D eigenvalue weighted by Crippen LogP contribution is 2.19. The molecular formula is C23H28N2O2. The molecule has 1 aliphatic rings. The van der Waals surface area contributed by atoms with E-state index in [1.165, 1.54) is 12.0 Å². The van der Waals surface area contributed by atoms with Crippen LogP contribution in [0.2, 0.25) is 0 Å². The van der Waals surface area contributed by atoms with Crippen LogP contribution >= 0.6 is 0 Å². The molecule has 27 heavy (non-hydrogen) atoms. The number of nitrogens with one attached hydrogen (secondary N) is 1. The van der Waals surface area contributed by atoms with Crippen LogP contribution in [0.3, 0.4) is 0 Å². The van der Waals surface area contributed by atoms with Crippen molar-refractivity contribution in [3.8, 4) is 0 Å². The summed E-state index contributed by atoms with van der Waals surface area (Å²) < 4.78 is 0. The first kappa shape index (κ1) is 19.2. The van der Waals surface area contributed by atoms with E-state index in [4.69, 9.17) is 0 Å². The zero-order valence-corrected chi connectivity index (χ0v) is 16.4. The van der Waals surface area contributed by atoms with Gasteiger partial charge in [-0.3, -0.25) is 9.59 Å². The molecule has 0 bridgehead atoms. The molecule has 0 spiro atoms. The molecule has 1 atom stereocenters. The average molecular weight is 364 g/mol. The molecule has 2 amide bonds. The Balaban J connectivity index is 1.64. The normalized spacial score (nSPS) is 17.0. The molecule has 1 fully saturated rings. The van der Waals surface area contributed by atoms with Gasteiger partial charge in [-0.25, -0.2) is 0 Å². The van der Waals surface area contributed by atoms with Gasteiger partial charge in [0.05, 0.1) is 0 Å². The fourth-order valence-electron chi connectivity index (χ4n) is 3.48. The minimum Gasteiger partial charge on any atom is -0.338 e. The third kappa shape index (κ3) is 4.76. The van der Waals surface area contributed by atoms with Crippen LogP contribution in [0.5, 0.6) is 0 Å². The molecular weight excluding hydrogens is 336 g/mol. The summed E-state index contributed by atoms with van der Waals surface area (Å²) in [5.41, 5.74) is 3.20. The van der Waals surface area contributed by atoms with Crippen molar-refractivity contribution in [3.05, 3.63) is 65.2 Å². The van der Waals surface area contributed by atoms with Crippen molar-refractivity contribution >= 4 is 17.5 Å². The average Bonchev–Trinajstić information content (AvgIpc) is 2.68. The van der Waals surface area contributed by atoms with Gasteiger partial charge in [0.2, 0.25) is 0 Å². The van der Waals surface area contributed by atoms with Crippen LogP contribution in [0.4, 0.5) is 5.69 Å². The molecule has 4 nitrogen and oxygen atoms in total. The Labute approximate surface area is 161 Å². The number of anilines is 1. The van der Waals surface area contributed by atoms with Gasteiger partial charge in [-0.15, -0.1) is 0 Å². The van der Waals surface area contributed by atoms with Gasteiger partial charge in [-0.2, -0.15) is 0 Å². The minimum atomic E-state index is -0.169. The highest BCUT2D eigenvalue weighted by Gasteiger charge is 2.22. The number of amides is 2. The lowest BCUT2D eigenvalue weighted by atomic mass is 9.99. The smallest absolute Gasteiger partial charge is 0.255 e. The molecule has 0 radical (unpaired) electrons. The summed E-state index contributed by atoms with van der Waals surface area (Å²) in [5, 5.41) is 2.91. The van der Waals surface area contributed by atoms with Gasteiger partial charge in [0.1, 0.15) is 0 Å². The Kier molecular flexibility index (Phi) is 5.94. The molecule has 4 heteroatoms. The Morgan fingerprint density at radius 2 is 1.63 bits per heavy atom. The predicted molar refractivity (Wildman–Crippen MR) is 109 cm³/mol. The zero-order valence-electron chi connectivity index (χ0n) is 16.4. The van der Waals surface area contributed by atoms with Crippen LogP contribution < -0.4 is 5.32 Å². The third-order valence-corrected chi connectivity index (χ3v) is 5.17. The maximum absolute atomic E-state index is 12.6. The minimum absolute atomic E-state index is 0.0535. The highest BCUT2D eigenvalue weighted by atomic mass is 16.2. The van der Waals surface area contributed by atoms with Crippen molar-refractivity contribution in [2.45, 2.75) is 39.5 Å². The second kappa shape index (κ2) is 8.38. The number of benzene rings is 2. The van der Waals surface area contributed by atoms with E-state index in [2.05, 4.69) is 26.1 Å². The summed E-state index contributed by atoms with van der Waals surface area (Å²) in [6, 6.07) is 14.8. The van der Waals surface area contributed by atoms with Gasteiger partial charge >= 0.3 is 0 Å². The molecule has 2 aromatic carbocycles. The fraction of sp³-hybridized carbons (Fsp3) is 0.391. The second-order valence-electron chi connectivity index (χ2n) is 7.81. The first-order valence-electron chi connectivity index (χ1n) is 9.74.